The summed E-state index contributed by atoms with van der Waals surface area (Å²) in [5.41, 5.74) is 2.27. The van der Waals surface area contributed by atoms with Gasteiger partial charge in [0.25, 0.3) is 5.69 Å². The minimum absolute atomic E-state index is 0.246. The van der Waals surface area contributed by atoms with Gasteiger partial charge in [-0.25, -0.2) is 4.39 Å². The van der Waals surface area contributed by atoms with Crippen LogP contribution in [0.1, 0.15) is 11.1 Å². The molecule has 0 bridgehead atoms. The summed E-state index contributed by atoms with van der Waals surface area (Å²) in [5, 5.41) is 17.4. The lowest BCUT2D eigenvalue weighted by molar-refractivity contribution is -0.385. The molecule has 18 heavy (non-hydrogen) atoms. The van der Waals surface area contributed by atoms with Gasteiger partial charge in [0.2, 0.25) is 0 Å². The molecule has 0 atom stereocenters. The Morgan fingerprint density at radius 3 is 2.78 bits per heavy atom. The Morgan fingerprint density at radius 2 is 2.22 bits per heavy atom. The Labute approximate surface area is 107 Å². The van der Waals surface area contributed by atoms with Crippen molar-refractivity contribution in [2.45, 2.75) is 13.5 Å². The van der Waals surface area contributed by atoms with E-state index in [-0.39, 0.29) is 11.4 Å². The minimum Gasteiger partial charge on any atom is -0.379 e. The van der Waals surface area contributed by atoms with Gasteiger partial charge >= 0.3 is 0 Å². The second kappa shape index (κ2) is 5.14. The number of thiophene rings is 1. The molecule has 1 N–H and O–H groups in total. The lowest BCUT2D eigenvalue weighted by atomic mass is 10.2. The Bertz CT molecular complexity index is 583. The highest BCUT2D eigenvalue weighted by Gasteiger charge is 2.10. The zero-order valence-corrected chi connectivity index (χ0v) is 10.5. The summed E-state index contributed by atoms with van der Waals surface area (Å²) in [6.07, 6.45) is 0. The van der Waals surface area contributed by atoms with Crippen molar-refractivity contribution >= 4 is 22.7 Å². The highest BCUT2D eigenvalue weighted by molar-refractivity contribution is 7.08. The van der Waals surface area contributed by atoms with E-state index in [1.165, 1.54) is 12.1 Å². The van der Waals surface area contributed by atoms with Crippen molar-refractivity contribution in [3.8, 4) is 0 Å². The van der Waals surface area contributed by atoms with Crippen LogP contribution in [0.25, 0.3) is 0 Å². The van der Waals surface area contributed by atoms with Crippen molar-refractivity contribution in [3.05, 3.63) is 56.0 Å². The first-order valence-electron chi connectivity index (χ1n) is 5.27. The fraction of sp³-hybridized carbons (Fsp3) is 0.167. The first kappa shape index (κ1) is 12.5. The molecule has 6 heteroatoms. The van der Waals surface area contributed by atoms with Crippen LogP contribution in [0.2, 0.25) is 0 Å². The van der Waals surface area contributed by atoms with Crippen LogP contribution in [0.5, 0.6) is 0 Å². The van der Waals surface area contributed by atoms with Gasteiger partial charge in [-0.3, -0.25) is 10.1 Å². The molecule has 0 saturated heterocycles. The number of nitrogens with one attached hydrogen (secondary N) is 1. The molecule has 4 nitrogen and oxygen atoms in total. The Kier molecular flexibility index (Phi) is 3.57. The SMILES string of the molecule is Cc1cscc1CNc1ccc([N+](=O)[O-])cc1F. The molecule has 0 aliphatic carbocycles. The van der Waals surface area contributed by atoms with Crippen molar-refractivity contribution in [2.75, 3.05) is 5.32 Å². The second-order valence-corrected chi connectivity index (χ2v) is 4.60. The summed E-state index contributed by atoms with van der Waals surface area (Å²) >= 11 is 1.59. The van der Waals surface area contributed by atoms with Gasteiger partial charge in [0.15, 0.2) is 5.82 Å². The van der Waals surface area contributed by atoms with Crippen molar-refractivity contribution in [1.82, 2.24) is 0 Å². The number of halogens is 1. The van der Waals surface area contributed by atoms with Gasteiger partial charge in [-0.15, -0.1) is 0 Å². The summed E-state index contributed by atoms with van der Waals surface area (Å²) in [6, 6.07) is 3.59. The van der Waals surface area contributed by atoms with Gasteiger partial charge in [-0.2, -0.15) is 11.3 Å². The first-order valence-corrected chi connectivity index (χ1v) is 6.21. The molecule has 0 saturated carbocycles. The van der Waals surface area contributed by atoms with E-state index in [1.54, 1.807) is 11.3 Å². The standard InChI is InChI=1S/C12H11FN2O2S/c1-8-6-18-7-9(8)5-14-12-3-2-10(15(16)17)4-11(12)13/h2-4,6-7,14H,5H2,1H3. The van der Waals surface area contributed by atoms with Gasteiger partial charge in [0.1, 0.15) is 0 Å². The Balaban J connectivity index is 2.11. The fourth-order valence-corrected chi connectivity index (χ4v) is 2.38. The van der Waals surface area contributed by atoms with Crippen LogP contribution in [0.4, 0.5) is 15.8 Å². The van der Waals surface area contributed by atoms with Gasteiger partial charge in [-0.05, 0) is 34.9 Å². The zero-order chi connectivity index (χ0) is 13.1. The van der Waals surface area contributed by atoms with Gasteiger partial charge in [0.05, 0.1) is 16.7 Å². The highest BCUT2D eigenvalue weighted by atomic mass is 32.1. The fourth-order valence-electron chi connectivity index (χ4n) is 1.52. The normalized spacial score (nSPS) is 10.3. The number of aryl methyl sites for hydroxylation is 1. The van der Waals surface area contributed by atoms with Crippen LogP contribution in [-0.4, -0.2) is 4.92 Å². The maximum Gasteiger partial charge on any atom is 0.272 e. The first-order chi connectivity index (χ1) is 8.58. The molecule has 94 valence electrons. The number of nitro benzene ring substituents is 1. The van der Waals surface area contributed by atoms with E-state index >= 15 is 0 Å². The number of hydrogen-bond donors (Lipinski definition) is 1. The van der Waals surface area contributed by atoms with E-state index in [0.29, 0.717) is 6.54 Å². The molecule has 0 amide bonds. The molecule has 2 rings (SSSR count). The van der Waals surface area contributed by atoms with E-state index in [0.717, 1.165) is 17.2 Å². The predicted octanol–water partition coefficient (Wildman–Crippen LogP) is 3.72. The summed E-state index contributed by atoms with van der Waals surface area (Å²) in [4.78, 5) is 9.86. The molecule has 0 unspecified atom stereocenters. The lowest BCUT2D eigenvalue weighted by Gasteiger charge is -2.07. The monoisotopic (exact) mass is 266 g/mol. The minimum atomic E-state index is -0.615. The smallest absolute Gasteiger partial charge is 0.272 e. The third-order valence-corrected chi connectivity index (χ3v) is 3.50. The topological polar surface area (TPSA) is 55.2 Å². The van der Waals surface area contributed by atoms with Gasteiger partial charge in [-0.1, -0.05) is 0 Å². The maximum absolute atomic E-state index is 13.6. The van der Waals surface area contributed by atoms with Crippen LogP contribution in [0, 0.1) is 22.9 Å². The van der Waals surface area contributed by atoms with Gasteiger partial charge in [0, 0.05) is 12.6 Å². The molecule has 0 aliphatic rings. The Hall–Kier alpha value is -1.95. The summed E-state index contributed by atoms with van der Waals surface area (Å²) in [5.74, 6) is -0.614. The maximum atomic E-state index is 13.6. The van der Waals surface area contributed by atoms with E-state index in [4.69, 9.17) is 0 Å². The third-order valence-electron chi connectivity index (χ3n) is 2.59. The number of benzene rings is 1. The quantitative estimate of drug-likeness (QED) is 0.678. The molecule has 0 spiro atoms. The molecular formula is C12H11FN2O2S. The average molecular weight is 266 g/mol. The summed E-state index contributed by atoms with van der Waals surface area (Å²) in [6.45, 7) is 2.49. The second-order valence-electron chi connectivity index (χ2n) is 3.85. The van der Waals surface area contributed by atoms with Crippen molar-refractivity contribution < 1.29 is 9.31 Å². The van der Waals surface area contributed by atoms with Crippen LogP contribution >= 0.6 is 11.3 Å². The Morgan fingerprint density at radius 1 is 1.44 bits per heavy atom. The van der Waals surface area contributed by atoms with Crippen LogP contribution in [-0.2, 0) is 6.54 Å². The molecule has 0 fully saturated rings. The molecule has 1 aromatic heterocycles. The zero-order valence-electron chi connectivity index (χ0n) is 9.64. The van der Waals surface area contributed by atoms with E-state index in [2.05, 4.69) is 5.32 Å². The van der Waals surface area contributed by atoms with E-state index in [9.17, 15) is 14.5 Å². The van der Waals surface area contributed by atoms with E-state index in [1.807, 2.05) is 17.7 Å². The third kappa shape index (κ3) is 2.65. The highest BCUT2D eigenvalue weighted by Crippen LogP contribution is 2.22. The number of anilines is 1. The van der Waals surface area contributed by atoms with E-state index < -0.39 is 10.7 Å². The van der Waals surface area contributed by atoms with Crippen molar-refractivity contribution in [1.29, 1.82) is 0 Å². The number of non-ortho nitro benzene ring substituents is 1. The number of rotatable bonds is 4. The molecule has 0 aliphatic heterocycles. The summed E-state index contributed by atoms with van der Waals surface area (Å²) < 4.78 is 13.6. The lowest BCUT2D eigenvalue weighted by Crippen LogP contribution is -2.02. The molecule has 2 aromatic rings. The summed E-state index contributed by atoms with van der Waals surface area (Å²) in [7, 11) is 0. The number of hydrogen-bond acceptors (Lipinski definition) is 4. The molecule has 1 aromatic carbocycles. The number of nitro groups is 1. The van der Waals surface area contributed by atoms with Crippen LogP contribution in [0.3, 0.4) is 0 Å². The van der Waals surface area contributed by atoms with Crippen LogP contribution in [0.15, 0.2) is 29.0 Å². The largest absolute Gasteiger partial charge is 0.379 e. The molecule has 1 heterocycles. The van der Waals surface area contributed by atoms with Gasteiger partial charge < -0.3 is 5.32 Å². The van der Waals surface area contributed by atoms with Crippen LogP contribution < -0.4 is 5.32 Å². The molecule has 0 radical (unpaired) electrons. The van der Waals surface area contributed by atoms with Crippen molar-refractivity contribution in [3.63, 3.8) is 0 Å². The van der Waals surface area contributed by atoms with Crippen molar-refractivity contribution in [2.24, 2.45) is 0 Å². The number of nitrogens with zero attached hydrogens (tertiary/aromatic N) is 1. The molecular weight excluding hydrogens is 255 g/mol. The average Bonchev–Trinajstić information content (AvgIpc) is 2.73. The predicted molar refractivity (Wildman–Crippen MR) is 69.4 cm³/mol.